The Hall–Kier alpha value is -1.88. The lowest BCUT2D eigenvalue weighted by molar-refractivity contribution is 0.120. The van der Waals surface area contributed by atoms with Crippen LogP contribution in [0, 0.1) is 11.3 Å². The Balaban J connectivity index is 1.79. The predicted molar refractivity (Wildman–Crippen MR) is 106 cm³/mol. The Morgan fingerprint density at radius 1 is 1.33 bits per heavy atom. The van der Waals surface area contributed by atoms with E-state index in [4.69, 9.17) is 14.5 Å². The van der Waals surface area contributed by atoms with Crippen molar-refractivity contribution in [1.82, 2.24) is 9.88 Å². The molecule has 0 amide bonds. The number of nitriles is 1. The fraction of sp³-hybridized carbons (Fsp3) is 0.700. The van der Waals surface area contributed by atoms with Crippen LogP contribution in [-0.4, -0.2) is 62.5 Å². The van der Waals surface area contributed by atoms with Gasteiger partial charge >= 0.3 is 0 Å². The van der Waals surface area contributed by atoms with Crippen molar-refractivity contribution < 1.29 is 9.47 Å². The van der Waals surface area contributed by atoms with Crippen LogP contribution in [0.15, 0.2) is 0 Å². The molecule has 0 spiro atoms. The second kappa shape index (κ2) is 9.88. The number of fused-ring (bicyclic) bond motifs is 1. The van der Waals surface area contributed by atoms with E-state index >= 15 is 0 Å². The lowest BCUT2D eigenvalue weighted by Crippen LogP contribution is -2.30. The molecular formula is C20H31N5O2. The van der Waals surface area contributed by atoms with Gasteiger partial charge in [-0.05, 0) is 45.2 Å². The fourth-order valence-corrected chi connectivity index (χ4v) is 3.71. The number of nitrogens with zero attached hydrogens (tertiary/aromatic N) is 3. The highest BCUT2D eigenvalue weighted by Gasteiger charge is 2.25. The Morgan fingerprint density at radius 2 is 2.22 bits per heavy atom. The quantitative estimate of drug-likeness (QED) is 0.643. The van der Waals surface area contributed by atoms with Crippen LogP contribution in [0.4, 0.5) is 11.6 Å². The Kier molecular flexibility index (Phi) is 7.27. The van der Waals surface area contributed by atoms with Crippen LogP contribution in [-0.2, 0) is 22.4 Å². The van der Waals surface area contributed by atoms with Gasteiger partial charge in [-0.1, -0.05) is 0 Å². The number of hydrogen-bond donors (Lipinski definition) is 2. The summed E-state index contributed by atoms with van der Waals surface area (Å²) in [5.74, 6) is 1.57. The molecule has 7 nitrogen and oxygen atoms in total. The van der Waals surface area contributed by atoms with E-state index in [0.717, 1.165) is 82.0 Å². The van der Waals surface area contributed by atoms with Crippen LogP contribution in [0.2, 0.25) is 0 Å². The van der Waals surface area contributed by atoms with Gasteiger partial charge in [0.2, 0.25) is 0 Å². The van der Waals surface area contributed by atoms with E-state index in [1.807, 2.05) is 6.92 Å². The average molecular weight is 374 g/mol. The molecule has 2 aliphatic rings. The summed E-state index contributed by atoms with van der Waals surface area (Å²) in [5.41, 5.74) is 2.98. The van der Waals surface area contributed by atoms with E-state index in [1.165, 1.54) is 0 Å². The minimum Gasteiger partial charge on any atom is -0.382 e. The molecule has 1 aromatic rings. The number of aromatic nitrogens is 1. The zero-order valence-corrected chi connectivity index (χ0v) is 16.5. The molecule has 1 fully saturated rings. The van der Waals surface area contributed by atoms with Crippen molar-refractivity contribution in [3.05, 3.63) is 16.7 Å². The van der Waals surface area contributed by atoms with Crippen LogP contribution < -0.4 is 10.6 Å². The van der Waals surface area contributed by atoms with Gasteiger partial charge in [0.05, 0.1) is 11.7 Å². The van der Waals surface area contributed by atoms with Crippen LogP contribution in [0.3, 0.4) is 0 Å². The lowest BCUT2D eigenvalue weighted by Gasteiger charge is -2.29. The maximum atomic E-state index is 9.77. The molecule has 0 saturated carbocycles. The van der Waals surface area contributed by atoms with E-state index in [1.54, 1.807) is 0 Å². The standard InChI is InChI=1S/C20H31N5O2/c1-3-26-10-5-8-22-19-17(12-21)16-7-9-25(2)14-18(16)20(24-19)23-13-15-6-4-11-27-15/h15H,3-11,13-14H2,1-2H3,(H2,22,23,24). The third-order valence-corrected chi connectivity index (χ3v) is 5.18. The van der Waals surface area contributed by atoms with Crippen molar-refractivity contribution in [3.8, 4) is 6.07 Å². The summed E-state index contributed by atoms with van der Waals surface area (Å²) in [5, 5.41) is 16.6. The van der Waals surface area contributed by atoms with Gasteiger partial charge in [-0.3, -0.25) is 0 Å². The second-order valence-electron chi connectivity index (χ2n) is 7.23. The summed E-state index contributed by atoms with van der Waals surface area (Å²) in [4.78, 5) is 7.08. The van der Waals surface area contributed by atoms with E-state index in [-0.39, 0.29) is 6.10 Å². The summed E-state index contributed by atoms with van der Waals surface area (Å²) in [6, 6.07) is 2.39. The maximum Gasteiger partial charge on any atom is 0.146 e. The number of rotatable bonds is 9. The van der Waals surface area contributed by atoms with Crippen LogP contribution >= 0.6 is 0 Å². The fourth-order valence-electron chi connectivity index (χ4n) is 3.71. The summed E-state index contributed by atoms with van der Waals surface area (Å²) < 4.78 is 11.1. The molecule has 0 radical (unpaired) electrons. The molecule has 148 valence electrons. The van der Waals surface area contributed by atoms with Crippen molar-refractivity contribution in [3.63, 3.8) is 0 Å². The van der Waals surface area contributed by atoms with Crippen molar-refractivity contribution >= 4 is 11.6 Å². The molecular weight excluding hydrogens is 342 g/mol. The second-order valence-corrected chi connectivity index (χ2v) is 7.23. The Morgan fingerprint density at radius 3 is 2.96 bits per heavy atom. The van der Waals surface area contributed by atoms with Crippen LogP contribution in [0.1, 0.15) is 42.9 Å². The van der Waals surface area contributed by atoms with Gasteiger partial charge in [-0.25, -0.2) is 4.98 Å². The first-order valence-electron chi connectivity index (χ1n) is 10.0. The highest BCUT2D eigenvalue weighted by Crippen LogP contribution is 2.31. The Bertz CT molecular complexity index is 667. The minimum atomic E-state index is 0.252. The van der Waals surface area contributed by atoms with Crippen molar-refractivity contribution in [2.75, 3.05) is 57.1 Å². The van der Waals surface area contributed by atoms with Gasteiger partial charge in [0, 0.05) is 51.6 Å². The van der Waals surface area contributed by atoms with Crippen LogP contribution in [0.5, 0.6) is 0 Å². The van der Waals surface area contributed by atoms with Gasteiger partial charge in [0.1, 0.15) is 17.7 Å². The zero-order valence-electron chi connectivity index (χ0n) is 16.5. The minimum absolute atomic E-state index is 0.252. The molecule has 7 heteroatoms. The van der Waals surface area contributed by atoms with Crippen molar-refractivity contribution in [2.24, 2.45) is 0 Å². The molecule has 2 N–H and O–H groups in total. The van der Waals surface area contributed by atoms with Crippen molar-refractivity contribution in [1.29, 1.82) is 5.26 Å². The number of hydrogen-bond acceptors (Lipinski definition) is 7. The molecule has 1 aromatic heterocycles. The molecule has 0 bridgehead atoms. The topological polar surface area (TPSA) is 82.4 Å². The molecule has 3 heterocycles. The average Bonchev–Trinajstić information content (AvgIpc) is 3.19. The van der Waals surface area contributed by atoms with E-state index in [2.05, 4.69) is 28.7 Å². The van der Waals surface area contributed by atoms with E-state index in [0.29, 0.717) is 18.0 Å². The normalized spacial score (nSPS) is 19.5. The van der Waals surface area contributed by atoms with Gasteiger partial charge in [0.25, 0.3) is 0 Å². The smallest absolute Gasteiger partial charge is 0.146 e. The first-order chi connectivity index (χ1) is 13.2. The highest BCUT2D eigenvalue weighted by atomic mass is 16.5. The predicted octanol–water partition coefficient (Wildman–Crippen LogP) is 2.37. The molecule has 2 aliphatic heterocycles. The van der Waals surface area contributed by atoms with Gasteiger partial charge in [-0.2, -0.15) is 5.26 Å². The highest BCUT2D eigenvalue weighted by molar-refractivity contribution is 5.66. The third-order valence-electron chi connectivity index (χ3n) is 5.18. The number of pyridine rings is 1. The molecule has 3 rings (SSSR count). The summed E-state index contributed by atoms with van der Waals surface area (Å²) in [6.45, 7) is 7.56. The maximum absolute atomic E-state index is 9.77. The molecule has 0 aliphatic carbocycles. The van der Waals surface area contributed by atoms with Gasteiger partial charge < -0.3 is 25.0 Å². The van der Waals surface area contributed by atoms with Crippen LogP contribution in [0.25, 0.3) is 0 Å². The zero-order chi connectivity index (χ0) is 19.1. The molecule has 1 saturated heterocycles. The number of ether oxygens (including phenoxy) is 2. The third kappa shape index (κ3) is 5.10. The molecule has 27 heavy (non-hydrogen) atoms. The number of likely N-dealkylation sites (N-methyl/N-ethyl adjacent to an activating group) is 1. The summed E-state index contributed by atoms with van der Waals surface area (Å²) in [6.07, 6.45) is 4.23. The van der Waals surface area contributed by atoms with Gasteiger partial charge in [0.15, 0.2) is 0 Å². The monoisotopic (exact) mass is 373 g/mol. The lowest BCUT2D eigenvalue weighted by atomic mass is 9.96. The Labute approximate surface area is 162 Å². The molecule has 1 unspecified atom stereocenters. The summed E-state index contributed by atoms with van der Waals surface area (Å²) in [7, 11) is 2.11. The van der Waals surface area contributed by atoms with E-state index < -0.39 is 0 Å². The SMILES string of the molecule is CCOCCCNc1nc(NCC2CCCO2)c2c(c1C#N)CCN(C)C2. The number of nitrogens with one attached hydrogen (secondary N) is 2. The molecule has 0 aromatic carbocycles. The number of anilines is 2. The van der Waals surface area contributed by atoms with E-state index in [9.17, 15) is 5.26 Å². The van der Waals surface area contributed by atoms with Crippen molar-refractivity contribution in [2.45, 2.75) is 45.3 Å². The largest absolute Gasteiger partial charge is 0.382 e. The van der Waals surface area contributed by atoms with Gasteiger partial charge in [-0.15, -0.1) is 0 Å². The first-order valence-corrected chi connectivity index (χ1v) is 10.0. The molecule has 1 atom stereocenters. The summed E-state index contributed by atoms with van der Waals surface area (Å²) >= 11 is 0. The first kappa shape index (κ1) is 19.9.